The van der Waals surface area contributed by atoms with Gasteiger partial charge in [0.2, 0.25) is 0 Å². The summed E-state index contributed by atoms with van der Waals surface area (Å²) in [5.41, 5.74) is 0.188. The SMILES string of the molecule is N#CCCN(C(=O)c1sccc1Br)c1ccccc1F. The number of para-hydroxylation sites is 1. The number of benzene rings is 1. The predicted molar refractivity (Wildman–Crippen MR) is 80.3 cm³/mol. The van der Waals surface area contributed by atoms with Crippen LogP contribution in [0.1, 0.15) is 16.1 Å². The number of nitriles is 1. The summed E-state index contributed by atoms with van der Waals surface area (Å²) < 4.78 is 14.6. The van der Waals surface area contributed by atoms with Gasteiger partial charge in [0.15, 0.2) is 0 Å². The zero-order valence-corrected chi connectivity index (χ0v) is 12.7. The Morgan fingerprint density at radius 1 is 1.40 bits per heavy atom. The first-order valence-electron chi connectivity index (χ1n) is 5.81. The molecule has 0 unspecified atom stereocenters. The van der Waals surface area contributed by atoms with E-state index < -0.39 is 5.82 Å². The molecule has 0 aliphatic heterocycles. The Hall–Kier alpha value is -1.71. The summed E-state index contributed by atoms with van der Waals surface area (Å²) in [6, 6.07) is 9.80. The molecule has 0 radical (unpaired) electrons. The highest BCUT2D eigenvalue weighted by molar-refractivity contribution is 9.10. The van der Waals surface area contributed by atoms with Gasteiger partial charge in [0, 0.05) is 11.0 Å². The third kappa shape index (κ3) is 3.06. The van der Waals surface area contributed by atoms with Gasteiger partial charge in [-0.15, -0.1) is 11.3 Å². The normalized spacial score (nSPS) is 10.1. The van der Waals surface area contributed by atoms with Crippen molar-refractivity contribution >= 4 is 38.9 Å². The van der Waals surface area contributed by atoms with E-state index in [4.69, 9.17) is 5.26 Å². The molecular weight excluding hydrogens is 343 g/mol. The van der Waals surface area contributed by atoms with Gasteiger partial charge in [-0.05, 0) is 39.5 Å². The van der Waals surface area contributed by atoms with Gasteiger partial charge in [-0.1, -0.05) is 12.1 Å². The van der Waals surface area contributed by atoms with Crippen LogP contribution in [0.2, 0.25) is 0 Å². The number of hydrogen-bond donors (Lipinski definition) is 0. The van der Waals surface area contributed by atoms with Crippen LogP contribution in [0.4, 0.5) is 10.1 Å². The third-order valence-electron chi connectivity index (χ3n) is 2.65. The van der Waals surface area contributed by atoms with Gasteiger partial charge in [0.1, 0.15) is 10.7 Å². The molecule has 0 aliphatic rings. The Labute approximate surface area is 128 Å². The average Bonchev–Trinajstić information content (AvgIpc) is 2.87. The maximum absolute atomic E-state index is 13.9. The van der Waals surface area contributed by atoms with Gasteiger partial charge in [0.25, 0.3) is 5.91 Å². The first kappa shape index (κ1) is 14.7. The Morgan fingerprint density at radius 2 is 2.15 bits per heavy atom. The van der Waals surface area contributed by atoms with E-state index in [0.29, 0.717) is 9.35 Å². The molecule has 1 amide bonds. The minimum atomic E-state index is -0.480. The van der Waals surface area contributed by atoms with Gasteiger partial charge in [-0.25, -0.2) is 4.39 Å². The van der Waals surface area contributed by atoms with Crippen molar-refractivity contribution in [2.24, 2.45) is 0 Å². The zero-order chi connectivity index (χ0) is 14.5. The van der Waals surface area contributed by atoms with Gasteiger partial charge < -0.3 is 4.90 Å². The first-order chi connectivity index (χ1) is 9.65. The lowest BCUT2D eigenvalue weighted by atomic mass is 10.2. The molecule has 0 aliphatic carbocycles. The summed E-state index contributed by atoms with van der Waals surface area (Å²) in [6.07, 6.45) is 0.142. The maximum atomic E-state index is 13.9. The van der Waals surface area contributed by atoms with E-state index in [1.54, 1.807) is 23.6 Å². The number of anilines is 1. The van der Waals surface area contributed by atoms with Gasteiger partial charge in [0.05, 0.1) is 18.2 Å². The molecule has 0 spiro atoms. The van der Waals surface area contributed by atoms with E-state index in [1.165, 1.54) is 28.4 Å². The van der Waals surface area contributed by atoms with E-state index in [-0.39, 0.29) is 24.6 Å². The Balaban J connectivity index is 2.39. The number of amides is 1. The van der Waals surface area contributed by atoms with Gasteiger partial charge in [-0.3, -0.25) is 4.79 Å². The number of carbonyl (C=O) groups excluding carboxylic acids is 1. The average molecular weight is 353 g/mol. The van der Waals surface area contributed by atoms with E-state index in [2.05, 4.69) is 15.9 Å². The molecule has 20 heavy (non-hydrogen) atoms. The topological polar surface area (TPSA) is 44.1 Å². The molecule has 0 atom stereocenters. The van der Waals surface area contributed by atoms with Crippen LogP contribution in [0.15, 0.2) is 40.2 Å². The molecule has 6 heteroatoms. The van der Waals surface area contributed by atoms with Crippen molar-refractivity contribution in [3.63, 3.8) is 0 Å². The number of halogens is 2. The van der Waals surface area contributed by atoms with E-state index in [0.717, 1.165) is 0 Å². The number of carbonyl (C=O) groups is 1. The molecule has 0 bridgehead atoms. The second-order valence-corrected chi connectivity index (χ2v) is 5.68. The van der Waals surface area contributed by atoms with E-state index in [9.17, 15) is 9.18 Å². The van der Waals surface area contributed by atoms with Crippen LogP contribution in [-0.2, 0) is 0 Å². The molecule has 0 N–H and O–H groups in total. The summed E-state index contributed by atoms with van der Waals surface area (Å²) in [5.74, 6) is -0.793. The molecule has 2 rings (SSSR count). The van der Waals surface area contributed by atoms with Gasteiger partial charge >= 0.3 is 0 Å². The number of nitrogens with zero attached hydrogens (tertiary/aromatic N) is 2. The van der Waals surface area contributed by atoms with E-state index >= 15 is 0 Å². The molecule has 1 aromatic carbocycles. The standard InChI is InChI=1S/C14H10BrFN2OS/c15-10-6-9-20-13(10)14(19)18(8-3-7-17)12-5-2-1-4-11(12)16/h1-2,4-6,9H,3,8H2. The molecule has 2 aromatic rings. The van der Waals surface area contributed by atoms with Crippen LogP contribution >= 0.6 is 27.3 Å². The van der Waals surface area contributed by atoms with Gasteiger partial charge in [-0.2, -0.15) is 5.26 Å². The maximum Gasteiger partial charge on any atom is 0.269 e. The third-order valence-corrected chi connectivity index (χ3v) is 4.47. The summed E-state index contributed by atoms with van der Waals surface area (Å²) >= 11 is 4.58. The summed E-state index contributed by atoms with van der Waals surface area (Å²) in [7, 11) is 0. The van der Waals surface area contributed by atoms with Crippen LogP contribution in [-0.4, -0.2) is 12.5 Å². The largest absolute Gasteiger partial charge is 0.304 e. The summed E-state index contributed by atoms with van der Waals surface area (Å²) in [6.45, 7) is 0.153. The van der Waals surface area contributed by atoms with Crippen molar-refractivity contribution in [1.29, 1.82) is 5.26 Å². The summed E-state index contributed by atoms with van der Waals surface area (Å²) in [4.78, 5) is 14.3. The minimum Gasteiger partial charge on any atom is -0.304 e. The Morgan fingerprint density at radius 3 is 2.75 bits per heavy atom. The molecule has 3 nitrogen and oxygen atoms in total. The van der Waals surface area contributed by atoms with Crippen LogP contribution in [0.3, 0.4) is 0 Å². The highest BCUT2D eigenvalue weighted by Crippen LogP contribution is 2.28. The van der Waals surface area contributed by atoms with Crippen molar-refractivity contribution in [2.45, 2.75) is 6.42 Å². The zero-order valence-electron chi connectivity index (χ0n) is 10.3. The summed E-state index contributed by atoms with van der Waals surface area (Å²) in [5, 5.41) is 10.5. The van der Waals surface area contributed by atoms with Crippen LogP contribution in [0.5, 0.6) is 0 Å². The Kier molecular flexibility index (Phi) is 4.88. The molecule has 0 saturated heterocycles. The van der Waals surface area contributed by atoms with Crippen LogP contribution in [0.25, 0.3) is 0 Å². The molecule has 0 fully saturated rings. The van der Waals surface area contributed by atoms with Crippen molar-refractivity contribution in [2.75, 3.05) is 11.4 Å². The lowest BCUT2D eigenvalue weighted by molar-refractivity contribution is 0.0990. The quantitative estimate of drug-likeness (QED) is 0.827. The smallest absolute Gasteiger partial charge is 0.269 e. The predicted octanol–water partition coefficient (Wildman–Crippen LogP) is 4.21. The van der Waals surface area contributed by atoms with Crippen LogP contribution < -0.4 is 4.90 Å². The lowest BCUT2D eigenvalue weighted by Gasteiger charge is -2.21. The fourth-order valence-corrected chi connectivity index (χ4v) is 3.22. The minimum absolute atomic E-state index is 0.142. The van der Waals surface area contributed by atoms with Crippen molar-refractivity contribution < 1.29 is 9.18 Å². The second kappa shape index (κ2) is 6.64. The molecule has 102 valence electrons. The Bertz CT molecular complexity index is 665. The first-order valence-corrected chi connectivity index (χ1v) is 7.48. The number of thiophene rings is 1. The monoisotopic (exact) mass is 352 g/mol. The fourth-order valence-electron chi connectivity index (χ4n) is 1.73. The van der Waals surface area contributed by atoms with E-state index in [1.807, 2.05) is 6.07 Å². The second-order valence-electron chi connectivity index (χ2n) is 3.91. The number of hydrogen-bond acceptors (Lipinski definition) is 3. The molecule has 1 aromatic heterocycles. The molecule has 1 heterocycles. The fraction of sp³-hybridized carbons (Fsp3) is 0.143. The molecule has 0 saturated carbocycles. The molecular formula is C14H10BrFN2OS. The lowest BCUT2D eigenvalue weighted by Crippen LogP contribution is -2.32. The highest BCUT2D eigenvalue weighted by atomic mass is 79.9. The highest BCUT2D eigenvalue weighted by Gasteiger charge is 2.22. The number of rotatable bonds is 4. The van der Waals surface area contributed by atoms with Crippen molar-refractivity contribution in [3.8, 4) is 6.07 Å². The van der Waals surface area contributed by atoms with Crippen molar-refractivity contribution in [3.05, 3.63) is 50.9 Å². The van der Waals surface area contributed by atoms with Crippen molar-refractivity contribution in [1.82, 2.24) is 0 Å². The van der Waals surface area contributed by atoms with Crippen LogP contribution in [0, 0.1) is 17.1 Å².